The smallest absolute Gasteiger partial charge is 0.238 e. The SMILES string of the molecule is CCCNC(CSc1cc(C)cc(C)n1)(C(N)=O)C1CC1. The number of nitrogens with two attached hydrogens (primary N) is 1. The molecule has 0 radical (unpaired) electrons. The summed E-state index contributed by atoms with van der Waals surface area (Å²) in [7, 11) is 0. The molecule has 1 heterocycles. The van der Waals surface area contributed by atoms with Crippen molar-refractivity contribution in [1.29, 1.82) is 0 Å². The van der Waals surface area contributed by atoms with Gasteiger partial charge in [0.2, 0.25) is 5.91 Å². The third-order valence-corrected chi connectivity index (χ3v) is 5.03. The highest BCUT2D eigenvalue weighted by Gasteiger charge is 2.49. The van der Waals surface area contributed by atoms with E-state index in [0.717, 1.165) is 36.5 Å². The molecule has 1 amide bonds. The highest BCUT2D eigenvalue weighted by atomic mass is 32.2. The first-order chi connectivity index (χ1) is 9.98. The first kappa shape index (κ1) is 16.3. The van der Waals surface area contributed by atoms with Crippen LogP contribution in [0.1, 0.15) is 37.4 Å². The molecule has 1 aromatic heterocycles. The summed E-state index contributed by atoms with van der Waals surface area (Å²) in [5.41, 5.74) is 7.37. The fourth-order valence-electron chi connectivity index (χ4n) is 2.66. The second-order valence-corrected chi connectivity index (χ2v) is 6.95. The number of carbonyl (C=O) groups is 1. The summed E-state index contributed by atoms with van der Waals surface area (Å²) in [6, 6.07) is 4.12. The number of carbonyl (C=O) groups excluding carboxylic acids is 1. The van der Waals surface area contributed by atoms with Crippen LogP contribution < -0.4 is 11.1 Å². The van der Waals surface area contributed by atoms with Crippen LogP contribution in [0.5, 0.6) is 0 Å². The molecule has 1 aliphatic rings. The van der Waals surface area contributed by atoms with Gasteiger partial charge in [-0.05, 0) is 63.3 Å². The minimum atomic E-state index is -0.583. The standard InChI is InChI=1S/C16H25N3OS/c1-4-7-18-16(15(17)20,13-5-6-13)10-21-14-9-11(2)8-12(3)19-14/h8-9,13,18H,4-7,10H2,1-3H3,(H2,17,20). The molecule has 1 unspecified atom stereocenters. The van der Waals surface area contributed by atoms with Crippen LogP contribution in [0, 0.1) is 19.8 Å². The van der Waals surface area contributed by atoms with Crippen molar-refractivity contribution in [1.82, 2.24) is 10.3 Å². The van der Waals surface area contributed by atoms with Crippen molar-refractivity contribution in [2.45, 2.75) is 50.6 Å². The zero-order valence-corrected chi connectivity index (χ0v) is 13.9. The van der Waals surface area contributed by atoms with Gasteiger partial charge in [0.1, 0.15) is 5.54 Å². The van der Waals surface area contributed by atoms with Crippen molar-refractivity contribution in [2.75, 3.05) is 12.3 Å². The number of hydrogen-bond acceptors (Lipinski definition) is 4. The van der Waals surface area contributed by atoms with Crippen molar-refractivity contribution in [3.8, 4) is 0 Å². The molecule has 0 bridgehead atoms. The van der Waals surface area contributed by atoms with Gasteiger partial charge in [0.25, 0.3) is 0 Å². The Kier molecular flexibility index (Phi) is 5.27. The van der Waals surface area contributed by atoms with Gasteiger partial charge in [-0.3, -0.25) is 4.79 Å². The van der Waals surface area contributed by atoms with E-state index >= 15 is 0 Å². The van der Waals surface area contributed by atoms with Gasteiger partial charge >= 0.3 is 0 Å². The number of rotatable bonds is 8. The van der Waals surface area contributed by atoms with E-state index in [-0.39, 0.29) is 5.91 Å². The van der Waals surface area contributed by atoms with Crippen LogP contribution in [0.3, 0.4) is 0 Å². The lowest BCUT2D eigenvalue weighted by Crippen LogP contribution is -2.59. The van der Waals surface area contributed by atoms with E-state index in [0.29, 0.717) is 11.7 Å². The molecular formula is C16H25N3OS. The Morgan fingerprint density at radius 1 is 1.48 bits per heavy atom. The Bertz CT molecular complexity index is 496. The highest BCUT2D eigenvalue weighted by molar-refractivity contribution is 7.99. The number of aryl methyl sites for hydroxylation is 2. The van der Waals surface area contributed by atoms with Gasteiger partial charge in [0.05, 0.1) is 5.03 Å². The molecule has 2 rings (SSSR count). The van der Waals surface area contributed by atoms with E-state index in [1.54, 1.807) is 11.8 Å². The number of aromatic nitrogens is 1. The van der Waals surface area contributed by atoms with Gasteiger partial charge in [-0.1, -0.05) is 6.92 Å². The summed E-state index contributed by atoms with van der Waals surface area (Å²) in [5.74, 6) is 0.804. The first-order valence-electron chi connectivity index (χ1n) is 7.61. The summed E-state index contributed by atoms with van der Waals surface area (Å²) in [5, 5.41) is 4.39. The number of pyridine rings is 1. The van der Waals surface area contributed by atoms with Gasteiger partial charge in [0.15, 0.2) is 0 Å². The molecule has 1 aliphatic carbocycles. The minimum Gasteiger partial charge on any atom is -0.368 e. The van der Waals surface area contributed by atoms with Crippen molar-refractivity contribution < 1.29 is 4.79 Å². The van der Waals surface area contributed by atoms with Gasteiger partial charge in [-0.15, -0.1) is 11.8 Å². The van der Waals surface area contributed by atoms with E-state index in [4.69, 9.17) is 5.73 Å². The Morgan fingerprint density at radius 3 is 2.71 bits per heavy atom. The van der Waals surface area contributed by atoms with Crippen molar-refractivity contribution >= 4 is 17.7 Å². The number of hydrogen-bond donors (Lipinski definition) is 2. The van der Waals surface area contributed by atoms with Crippen LogP contribution in [0.15, 0.2) is 17.2 Å². The van der Waals surface area contributed by atoms with Crippen LogP contribution in [0.2, 0.25) is 0 Å². The first-order valence-corrected chi connectivity index (χ1v) is 8.59. The third-order valence-electron chi connectivity index (χ3n) is 3.93. The molecule has 0 spiro atoms. The lowest BCUT2D eigenvalue weighted by Gasteiger charge is -2.31. The predicted octanol–water partition coefficient (Wildman–Crippen LogP) is 2.42. The van der Waals surface area contributed by atoms with Gasteiger partial charge in [0, 0.05) is 11.4 Å². The maximum absolute atomic E-state index is 12.1. The topological polar surface area (TPSA) is 68.0 Å². The van der Waals surface area contributed by atoms with Crippen LogP contribution in [0.25, 0.3) is 0 Å². The molecule has 116 valence electrons. The predicted molar refractivity (Wildman–Crippen MR) is 87.4 cm³/mol. The highest BCUT2D eigenvalue weighted by Crippen LogP contribution is 2.42. The molecule has 1 saturated carbocycles. The van der Waals surface area contributed by atoms with Crippen molar-refractivity contribution in [3.63, 3.8) is 0 Å². The van der Waals surface area contributed by atoms with Crippen LogP contribution in [0.4, 0.5) is 0 Å². The zero-order chi connectivity index (χ0) is 15.5. The fraction of sp³-hybridized carbons (Fsp3) is 0.625. The molecule has 5 heteroatoms. The van der Waals surface area contributed by atoms with E-state index < -0.39 is 5.54 Å². The molecule has 21 heavy (non-hydrogen) atoms. The van der Waals surface area contributed by atoms with Gasteiger partial charge in [-0.25, -0.2) is 4.98 Å². The van der Waals surface area contributed by atoms with Crippen molar-refractivity contribution in [3.05, 3.63) is 23.4 Å². The lowest BCUT2D eigenvalue weighted by atomic mass is 9.94. The molecule has 1 aromatic rings. The minimum absolute atomic E-state index is 0.227. The molecule has 3 N–H and O–H groups in total. The average Bonchev–Trinajstić information content (AvgIpc) is 3.22. The monoisotopic (exact) mass is 307 g/mol. The molecule has 0 aliphatic heterocycles. The van der Waals surface area contributed by atoms with Gasteiger partial charge < -0.3 is 11.1 Å². The molecule has 0 aromatic carbocycles. The Morgan fingerprint density at radius 2 is 2.19 bits per heavy atom. The summed E-state index contributed by atoms with van der Waals surface area (Å²) in [6.45, 7) is 6.98. The van der Waals surface area contributed by atoms with E-state index in [1.165, 1.54) is 5.56 Å². The second-order valence-electron chi connectivity index (χ2n) is 5.95. The Balaban J connectivity index is 2.12. The quantitative estimate of drug-likeness (QED) is 0.724. The van der Waals surface area contributed by atoms with Gasteiger partial charge in [-0.2, -0.15) is 0 Å². The summed E-state index contributed by atoms with van der Waals surface area (Å²) >= 11 is 1.63. The molecule has 1 atom stereocenters. The fourth-order valence-corrected chi connectivity index (χ4v) is 4.00. The number of nitrogens with one attached hydrogen (secondary N) is 1. The normalized spacial score (nSPS) is 17.5. The summed E-state index contributed by atoms with van der Waals surface area (Å²) in [6.07, 6.45) is 3.16. The maximum Gasteiger partial charge on any atom is 0.238 e. The molecular weight excluding hydrogens is 282 g/mol. The second kappa shape index (κ2) is 6.79. The zero-order valence-electron chi connectivity index (χ0n) is 13.1. The van der Waals surface area contributed by atoms with E-state index in [2.05, 4.69) is 36.3 Å². The Hall–Kier alpha value is -1.07. The number of amides is 1. The van der Waals surface area contributed by atoms with E-state index in [9.17, 15) is 4.79 Å². The lowest BCUT2D eigenvalue weighted by molar-refractivity contribution is -0.124. The summed E-state index contributed by atoms with van der Waals surface area (Å²) in [4.78, 5) is 16.6. The van der Waals surface area contributed by atoms with Crippen LogP contribution in [-0.4, -0.2) is 28.7 Å². The van der Waals surface area contributed by atoms with E-state index in [1.807, 2.05) is 6.92 Å². The number of primary amides is 1. The molecule has 4 nitrogen and oxygen atoms in total. The largest absolute Gasteiger partial charge is 0.368 e. The van der Waals surface area contributed by atoms with Crippen LogP contribution in [-0.2, 0) is 4.79 Å². The summed E-state index contributed by atoms with van der Waals surface area (Å²) < 4.78 is 0. The molecule has 1 fully saturated rings. The average molecular weight is 307 g/mol. The maximum atomic E-state index is 12.1. The van der Waals surface area contributed by atoms with Crippen LogP contribution >= 0.6 is 11.8 Å². The Labute approximate surface area is 131 Å². The number of nitrogens with zero attached hydrogens (tertiary/aromatic N) is 1. The molecule has 0 saturated heterocycles. The number of thioether (sulfide) groups is 1. The van der Waals surface area contributed by atoms with Crippen molar-refractivity contribution in [2.24, 2.45) is 11.7 Å². The third kappa shape index (κ3) is 3.98.